The van der Waals surface area contributed by atoms with Gasteiger partial charge in [0.2, 0.25) is 0 Å². The normalized spacial score (nSPS) is 12.3. The molecule has 0 N–H and O–H groups in total. The zero-order valence-electron chi connectivity index (χ0n) is 37.9. The van der Waals surface area contributed by atoms with Crippen LogP contribution in [0.25, 0.3) is 98.4 Å². The number of hydrogen-bond donors (Lipinski definition) is 0. The molecule has 12 aromatic carbocycles. The average molecular weight is 894 g/mol. The van der Waals surface area contributed by atoms with Crippen molar-refractivity contribution in [2.75, 3.05) is 0 Å². The van der Waals surface area contributed by atoms with E-state index in [1.165, 1.54) is 119 Å². The number of hydrogen-bond acceptors (Lipinski definition) is 0. The van der Waals surface area contributed by atoms with Gasteiger partial charge in [-0.15, -0.1) is 0 Å². The third kappa shape index (κ3) is 5.91. The van der Waals surface area contributed by atoms with Crippen LogP contribution in [0.3, 0.4) is 0 Å². The SMILES string of the molecule is c1ccc(-n2c3ccccc3c3cc(-c4ccc5c(c4)c4ccccc4n5-c4cccc5c6ccccc6c6ccc([SiH-](c7ccccc7)(c7ccccc7)c7ccccc7)cc6c45)ccc32)cc1. The van der Waals surface area contributed by atoms with Crippen molar-refractivity contribution in [2.24, 2.45) is 0 Å². The summed E-state index contributed by atoms with van der Waals surface area (Å²) >= 11 is 0. The molecule has 0 aliphatic rings. The molecule has 324 valence electrons. The van der Waals surface area contributed by atoms with Gasteiger partial charge in [-0.05, 0) is 24.3 Å². The van der Waals surface area contributed by atoms with E-state index in [-0.39, 0.29) is 0 Å². The van der Waals surface area contributed by atoms with Gasteiger partial charge < -0.3 is 4.57 Å². The third-order valence-electron chi connectivity index (χ3n) is 15.2. The molecule has 0 spiro atoms. The molecule has 0 atom stereocenters. The summed E-state index contributed by atoms with van der Waals surface area (Å²) in [5.41, 5.74) is 9.56. The van der Waals surface area contributed by atoms with Crippen LogP contribution in [0.15, 0.2) is 267 Å². The fourth-order valence-corrected chi connectivity index (χ4v) is 17.8. The summed E-state index contributed by atoms with van der Waals surface area (Å²) in [5.74, 6) is 0. The van der Waals surface area contributed by atoms with Crippen LogP contribution in [-0.2, 0) is 0 Å². The van der Waals surface area contributed by atoms with Crippen molar-refractivity contribution >= 4 is 105 Å². The molecule has 0 bridgehead atoms. The van der Waals surface area contributed by atoms with Gasteiger partial charge in [-0.1, -0.05) is 36.4 Å². The first kappa shape index (κ1) is 39.4. The van der Waals surface area contributed by atoms with Gasteiger partial charge in [-0.25, -0.2) is 0 Å². The maximum atomic E-state index is 2.59. The van der Waals surface area contributed by atoms with Gasteiger partial charge in [0.15, 0.2) is 0 Å². The minimum atomic E-state index is -3.29. The molecule has 2 nitrogen and oxygen atoms in total. The first-order chi connectivity index (χ1) is 34.3. The van der Waals surface area contributed by atoms with Gasteiger partial charge in [0.05, 0.1) is 11.0 Å². The quantitative estimate of drug-likeness (QED) is 0.0857. The zero-order chi connectivity index (χ0) is 45.5. The van der Waals surface area contributed by atoms with E-state index >= 15 is 0 Å². The van der Waals surface area contributed by atoms with Crippen molar-refractivity contribution in [1.82, 2.24) is 9.13 Å². The van der Waals surface area contributed by atoms with Crippen molar-refractivity contribution < 1.29 is 0 Å². The molecule has 0 amide bonds. The van der Waals surface area contributed by atoms with Gasteiger partial charge in [0, 0.05) is 16.5 Å². The van der Waals surface area contributed by atoms with E-state index in [1.807, 2.05) is 0 Å². The van der Waals surface area contributed by atoms with E-state index in [0.717, 1.165) is 0 Å². The van der Waals surface area contributed by atoms with Crippen LogP contribution < -0.4 is 20.7 Å². The number of fused-ring (bicyclic) bond motifs is 12. The van der Waals surface area contributed by atoms with E-state index < -0.39 is 8.07 Å². The third-order valence-corrected chi connectivity index (χ3v) is 20.7. The molecule has 0 fully saturated rings. The summed E-state index contributed by atoms with van der Waals surface area (Å²) in [7, 11) is -3.29. The van der Waals surface area contributed by atoms with Gasteiger partial charge in [0.25, 0.3) is 0 Å². The summed E-state index contributed by atoms with van der Waals surface area (Å²) in [6.45, 7) is 0. The topological polar surface area (TPSA) is 9.86 Å². The van der Waals surface area contributed by atoms with Crippen molar-refractivity contribution in [3.63, 3.8) is 0 Å². The van der Waals surface area contributed by atoms with E-state index in [0.29, 0.717) is 0 Å². The van der Waals surface area contributed by atoms with Crippen LogP contribution in [-0.4, -0.2) is 17.2 Å². The Labute approximate surface area is 401 Å². The molecule has 0 unspecified atom stereocenters. The summed E-state index contributed by atoms with van der Waals surface area (Å²) in [6.07, 6.45) is 0. The summed E-state index contributed by atoms with van der Waals surface area (Å²) in [4.78, 5) is 0. The molecule has 2 aromatic heterocycles. The van der Waals surface area contributed by atoms with E-state index in [4.69, 9.17) is 0 Å². The van der Waals surface area contributed by atoms with Crippen molar-refractivity contribution in [3.05, 3.63) is 267 Å². The minimum Gasteiger partial charge on any atom is -0.0602 e. The fourth-order valence-electron chi connectivity index (χ4n) is 12.3. The van der Waals surface area contributed by atoms with Gasteiger partial charge in [-0.2, -0.15) is 0 Å². The van der Waals surface area contributed by atoms with Gasteiger partial charge in [-0.3, -0.25) is 0 Å². The Balaban J connectivity index is 1.03. The molecule has 14 rings (SSSR count). The Morgan fingerprint density at radius 3 is 1.22 bits per heavy atom. The van der Waals surface area contributed by atoms with Crippen LogP contribution in [0.2, 0.25) is 0 Å². The van der Waals surface area contributed by atoms with Crippen molar-refractivity contribution in [2.45, 2.75) is 0 Å². The minimum absolute atomic E-state index is 1.17. The van der Waals surface area contributed by atoms with Crippen molar-refractivity contribution in [1.29, 1.82) is 0 Å². The summed E-state index contributed by atoms with van der Waals surface area (Å²) in [6, 6.07) is 99.9. The van der Waals surface area contributed by atoms with E-state index in [9.17, 15) is 0 Å². The smallest absolute Gasteiger partial charge is 0.0602 e. The first-order valence-electron chi connectivity index (χ1n) is 24.1. The fraction of sp³-hybridized carbons (Fsp3) is 0. The molecule has 0 aliphatic carbocycles. The number of aromatic nitrogens is 2. The van der Waals surface area contributed by atoms with Crippen LogP contribution in [0.1, 0.15) is 0 Å². The Hall–Kier alpha value is -8.76. The zero-order valence-corrected chi connectivity index (χ0v) is 39.0. The molecule has 14 aromatic rings. The average Bonchev–Trinajstić information content (AvgIpc) is 3.94. The van der Waals surface area contributed by atoms with Crippen LogP contribution >= 0.6 is 0 Å². The van der Waals surface area contributed by atoms with Crippen LogP contribution in [0, 0.1) is 0 Å². The molecule has 0 saturated carbocycles. The Morgan fingerprint density at radius 2 is 0.652 bits per heavy atom. The molecule has 69 heavy (non-hydrogen) atoms. The van der Waals surface area contributed by atoms with E-state index in [1.54, 1.807) is 0 Å². The monoisotopic (exact) mass is 893 g/mol. The van der Waals surface area contributed by atoms with Gasteiger partial charge >= 0.3 is 311 Å². The summed E-state index contributed by atoms with van der Waals surface area (Å²) in [5, 5.41) is 18.2. The Morgan fingerprint density at radius 1 is 0.232 bits per heavy atom. The molecule has 3 heteroatoms. The molecule has 0 radical (unpaired) electrons. The van der Waals surface area contributed by atoms with Gasteiger partial charge in [0.1, 0.15) is 0 Å². The second kappa shape index (κ2) is 15.7. The number of para-hydroxylation sites is 3. The van der Waals surface area contributed by atoms with Crippen LogP contribution in [0.5, 0.6) is 0 Å². The number of benzene rings is 12. The standard InChI is InChI=1S/C66H45N2Si/c1-5-20-47(21-6-1)67-61-33-17-15-30-55(61)58-42-45(36-40-63(58)67)46-37-41-64-59(43-46)56-31-16-18-34-62(56)68(64)65-35-19-32-57-53-29-14-13-28-52(53)54-39-38-51(44-60(54)66(57)65)69(48-22-7-2-8-23-48,49-24-9-3-10-25-49)50-26-11-4-12-27-50/h1-44,69H/q-1. The molecule has 0 aliphatic heterocycles. The molecule has 2 heterocycles. The predicted octanol–water partition coefficient (Wildman–Crippen LogP) is 14.1. The molecular formula is C66H45N2Si-. The second-order valence-electron chi connectivity index (χ2n) is 18.7. The molecular weight excluding hydrogens is 849 g/mol. The molecule has 0 saturated heterocycles. The Bertz CT molecular complexity index is 4190. The van der Waals surface area contributed by atoms with Crippen molar-refractivity contribution in [3.8, 4) is 22.5 Å². The first-order valence-corrected chi connectivity index (χ1v) is 26.4. The number of rotatable bonds is 7. The van der Waals surface area contributed by atoms with Crippen LogP contribution in [0.4, 0.5) is 0 Å². The predicted molar refractivity (Wildman–Crippen MR) is 298 cm³/mol. The maximum absolute atomic E-state index is 3.29. The number of nitrogens with zero attached hydrogens (tertiary/aromatic N) is 2. The second-order valence-corrected chi connectivity index (χ2v) is 23.1. The summed E-state index contributed by atoms with van der Waals surface area (Å²) < 4.78 is 4.92. The Kier molecular flexibility index (Phi) is 8.95. The van der Waals surface area contributed by atoms with E-state index in [2.05, 4.69) is 276 Å².